The number of benzene rings is 1. The maximum atomic E-state index is 5.73. The van der Waals surface area contributed by atoms with E-state index in [0.717, 1.165) is 6.61 Å². The van der Waals surface area contributed by atoms with Gasteiger partial charge in [0, 0.05) is 5.73 Å². The lowest BCUT2D eigenvalue weighted by molar-refractivity contribution is 0.0770. The zero-order valence-electron chi connectivity index (χ0n) is 7.20. The molecule has 1 saturated heterocycles. The summed E-state index contributed by atoms with van der Waals surface area (Å²) in [6.07, 6.45) is 1.32. The van der Waals surface area contributed by atoms with Crippen molar-refractivity contribution in [3.8, 4) is 0 Å². The third kappa shape index (κ3) is 1.96. The number of ether oxygens (including phenoxy) is 1. The highest BCUT2D eigenvalue weighted by Crippen LogP contribution is 2.15. The van der Waals surface area contributed by atoms with Crippen molar-refractivity contribution in [2.45, 2.75) is 24.8 Å². The fourth-order valence-electron chi connectivity index (χ4n) is 1.33. The van der Waals surface area contributed by atoms with Crippen molar-refractivity contribution in [3.05, 3.63) is 35.9 Å². The van der Waals surface area contributed by atoms with E-state index < -0.39 is 0 Å². The van der Waals surface area contributed by atoms with Crippen LogP contribution in [-0.2, 0) is 11.3 Å². The quantitative estimate of drug-likeness (QED) is 0.638. The van der Waals surface area contributed by atoms with E-state index in [1.807, 2.05) is 6.07 Å². The SMILES string of the molecule is c1ccc(COC2CC[SiH2]2)cc1. The van der Waals surface area contributed by atoms with E-state index in [1.165, 1.54) is 18.0 Å². The van der Waals surface area contributed by atoms with Crippen LogP contribution in [0, 0.1) is 0 Å². The molecule has 1 fully saturated rings. The summed E-state index contributed by atoms with van der Waals surface area (Å²) in [6.45, 7) is 0.818. The Balaban J connectivity index is 1.79. The molecule has 1 heterocycles. The Bertz CT molecular complexity index is 231. The molecule has 12 heavy (non-hydrogen) atoms. The average molecular weight is 178 g/mol. The average Bonchev–Trinajstić information content (AvgIpc) is 2.04. The van der Waals surface area contributed by atoms with Gasteiger partial charge in [-0.15, -0.1) is 0 Å². The lowest BCUT2D eigenvalue weighted by Gasteiger charge is -2.24. The molecule has 1 unspecified atom stereocenters. The van der Waals surface area contributed by atoms with Gasteiger partial charge in [-0.1, -0.05) is 36.4 Å². The largest absolute Gasteiger partial charge is 0.378 e. The first-order valence-electron chi connectivity index (χ1n) is 4.61. The van der Waals surface area contributed by atoms with Crippen LogP contribution in [0.25, 0.3) is 0 Å². The van der Waals surface area contributed by atoms with E-state index in [-0.39, 0.29) is 9.52 Å². The van der Waals surface area contributed by atoms with Crippen LogP contribution in [-0.4, -0.2) is 15.2 Å². The first-order valence-corrected chi connectivity index (χ1v) is 6.42. The van der Waals surface area contributed by atoms with Crippen molar-refractivity contribution in [3.63, 3.8) is 0 Å². The standard InChI is InChI=1S/C10H14OSi/c1-2-4-9(5-3-1)8-11-10-6-7-12-10/h1-5,10H,6-8,12H2. The highest BCUT2D eigenvalue weighted by atomic mass is 28.2. The molecule has 0 amide bonds. The van der Waals surface area contributed by atoms with Gasteiger partial charge in [0.15, 0.2) is 0 Å². The highest BCUT2D eigenvalue weighted by Gasteiger charge is 2.17. The monoisotopic (exact) mass is 178 g/mol. The molecule has 64 valence electrons. The normalized spacial score (nSPS) is 23.8. The minimum absolute atomic E-state index is 0.181. The molecule has 1 nitrogen and oxygen atoms in total. The van der Waals surface area contributed by atoms with E-state index in [9.17, 15) is 0 Å². The minimum atomic E-state index is 0.181. The van der Waals surface area contributed by atoms with Crippen LogP contribution in [0.3, 0.4) is 0 Å². The zero-order chi connectivity index (χ0) is 8.23. The number of rotatable bonds is 3. The molecule has 1 aliphatic rings. The highest BCUT2D eigenvalue weighted by molar-refractivity contribution is 6.40. The van der Waals surface area contributed by atoms with Gasteiger partial charge in [-0.3, -0.25) is 0 Å². The van der Waals surface area contributed by atoms with Crippen LogP contribution in [0.2, 0.25) is 6.04 Å². The topological polar surface area (TPSA) is 9.23 Å². The second-order valence-electron chi connectivity index (χ2n) is 3.35. The second-order valence-corrected chi connectivity index (χ2v) is 5.54. The van der Waals surface area contributed by atoms with Crippen molar-refractivity contribution in [2.24, 2.45) is 0 Å². The number of hydrogen-bond donors (Lipinski definition) is 0. The van der Waals surface area contributed by atoms with Gasteiger partial charge in [0.05, 0.1) is 16.1 Å². The summed E-state index contributed by atoms with van der Waals surface area (Å²) in [7, 11) is 0.181. The first-order chi connectivity index (χ1) is 5.95. The molecule has 0 aliphatic carbocycles. The summed E-state index contributed by atoms with van der Waals surface area (Å²) in [5.74, 6) is 0. The molecule has 0 spiro atoms. The van der Waals surface area contributed by atoms with Crippen molar-refractivity contribution in [1.29, 1.82) is 0 Å². The lowest BCUT2D eigenvalue weighted by atomic mass is 10.2. The summed E-state index contributed by atoms with van der Waals surface area (Å²) in [5.41, 5.74) is 1.99. The van der Waals surface area contributed by atoms with E-state index >= 15 is 0 Å². The van der Waals surface area contributed by atoms with Crippen LogP contribution in [0.5, 0.6) is 0 Å². The van der Waals surface area contributed by atoms with Crippen LogP contribution in [0.15, 0.2) is 30.3 Å². The fourth-order valence-corrected chi connectivity index (χ4v) is 2.35. The van der Waals surface area contributed by atoms with Gasteiger partial charge in [-0.05, 0) is 12.0 Å². The maximum absolute atomic E-state index is 5.73. The fraction of sp³-hybridized carbons (Fsp3) is 0.400. The predicted molar refractivity (Wildman–Crippen MR) is 53.0 cm³/mol. The molecule has 2 heteroatoms. The Kier molecular flexibility index (Phi) is 2.59. The van der Waals surface area contributed by atoms with Crippen LogP contribution >= 0.6 is 0 Å². The minimum Gasteiger partial charge on any atom is -0.378 e. The molecule has 0 N–H and O–H groups in total. The molecule has 0 bridgehead atoms. The molecule has 0 radical (unpaired) electrons. The summed E-state index contributed by atoms with van der Waals surface area (Å²) in [4.78, 5) is 0. The van der Waals surface area contributed by atoms with E-state index in [1.54, 1.807) is 0 Å². The van der Waals surface area contributed by atoms with Crippen LogP contribution in [0.1, 0.15) is 12.0 Å². The van der Waals surface area contributed by atoms with Crippen LogP contribution in [0.4, 0.5) is 0 Å². The molecule has 1 aliphatic heterocycles. The van der Waals surface area contributed by atoms with Crippen molar-refractivity contribution >= 4 is 9.52 Å². The Morgan fingerprint density at radius 3 is 2.67 bits per heavy atom. The van der Waals surface area contributed by atoms with Crippen molar-refractivity contribution in [1.82, 2.24) is 0 Å². The Labute approximate surface area is 75.6 Å². The third-order valence-corrected chi connectivity index (χ3v) is 4.49. The molecule has 2 rings (SSSR count). The molecule has 1 aromatic rings. The van der Waals surface area contributed by atoms with Gasteiger partial charge in [-0.2, -0.15) is 0 Å². The van der Waals surface area contributed by atoms with E-state index in [0.29, 0.717) is 5.73 Å². The number of hydrogen-bond acceptors (Lipinski definition) is 1. The van der Waals surface area contributed by atoms with Gasteiger partial charge in [0.2, 0.25) is 0 Å². The molecular formula is C10H14OSi. The summed E-state index contributed by atoms with van der Waals surface area (Å²) < 4.78 is 5.73. The van der Waals surface area contributed by atoms with Gasteiger partial charge in [-0.25, -0.2) is 0 Å². The molecular weight excluding hydrogens is 164 g/mol. The van der Waals surface area contributed by atoms with Crippen LogP contribution < -0.4 is 0 Å². The molecule has 1 aromatic carbocycles. The first kappa shape index (κ1) is 8.02. The summed E-state index contributed by atoms with van der Waals surface area (Å²) in [6, 6.07) is 11.9. The summed E-state index contributed by atoms with van der Waals surface area (Å²) >= 11 is 0. The second kappa shape index (κ2) is 3.87. The van der Waals surface area contributed by atoms with Gasteiger partial charge in [0.1, 0.15) is 0 Å². The molecule has 0 aromatic heterocycles. The predicted octanol–water partition coefficient (Wildman–Crippen LogP) is 1.52. The Morgan fingerprint density at radius 2 is 2.08 bits per heavy atom. The molecule has 0 saturated carbocycles. The van der Waals surface area contributed by atoms with E-state index in [2.05, 4.69) is 24.3 Å². The zero-order valence-corrected chi connectivity index (χ0v) is 8.61. The molecule has 1 atom stereocenters. The van der Waals surface area contributed by atoms with Gasteiger partial charge < -0.3 is 4.74 Å². The van der Waals surface area contributed by atoms with Gasteiger partial charge >= 0.3 is 0 Å². The van der Waals surface area contributed by atoms with Crippen molar-refractivity contribution < 1.29 is 4.74 Å². The van der Waals surface area contributed by atoms with E-state index in [4.69, 9.17) is 4.74 Å². The maximum Gasteiger partial charge on any atom is 0.0716 e. The Hall–Kier alpha value is -0.603. The lowest BCUT2D eigenvalue weighted by Crippen LogP contribution is -2.30. The summed E-state index contributed by atoms with van der Waals surface area (Å²) in [5, 5.41) is 0. The smallest absolute Gasteiger partial charge is 0.0716 e. The van der Waals surface area contributed by atoms with Crippen molar-refractivity contribution in [2.75, 3.05) is 0 Å². The van der Waals surface area contributed by atoms with Gasteiger partial charge in [0.25, 0.3) is 0 Å². The third-order valence-electron chi connectivity index (χ3n) is 2.38. The Morgan fingerprint density at radius 1 is 1.33 bits per heavy atom.